The first kappa shape index (κ1) is 20.2. The lowest BCUT2D eigenvalue weighted by Gasteiger charge is -2.12. The van der Waals surface area contributed by atoms with Gasteiger partial charge in [-0.2, -0.15) is 5.26 Å². The molecule has 0 radical (unpaired) electrons. The second-order valence-electron chi connectivity index (χ2n) is 6.43. The summed E-state index contributed by atoms with van der Waals surface area (Å²) in [6.07, 6.45) is 2.70. The van der Waals surface area contributed by atoms with Crippen molar-refractivity contribution in [2.45, 2.75) is 20.3 Å². The van der Waals surface area contributed by atoms with Gasteiger partial charge in [-0.25, -0.2) is 0 Å². The van der Waals surface area contributed by atoms with Crippen molar-refractivity contribution in [3.05, 3.63) is 59.9 Å². The summed E-state index contributed by atoms with van der Waals surface area (Å²) in [6, 6.07) is 17.7. The largest absolute Gasteiger partial charge is 0.490 e. The molecule has 0 aliphatic heterocycles. The zero-order valence-corrected chi connectivity index (χ0v) is 16.9. The monoisotopic (exact) mass is 388 g/mol. The Balaban J connectivity index is 1.96. The summed E-state index contributed by atoms with van der Waals surface area (Å²) in [5.41, 5.74) is 2.20. The molecule has 0 atom stereocenters. The van der Waals surface area contributed by atoms with Gasteiger partial charge in [-0.1, -0.05) is 43.3 Å². The molecule has 0 bridgehead atoms. The molecular formula is C23H24N4O2. The first-order chi connectivity index (χ1) is 14.2. The van der Waals surface area contributed by atoms with E-state index in [-0.39, 0.29) is 0 Å². The van der Waals surface area contributed by atoms with Crippen LogP contribution in [0.15, 0.2) is 48.5 Å². The van der Waals surface area contributed by atoms with Crippen LogP contribution in [-0.2, 0) is 7.05 Å². The van der Waals surface area contributed by atoms with Crippen molar-refractivity contribution in [2.75, 3.05) is 13.2 Å². The summed E-state index contributed by atoms with van der Waals surface area (Å²) in [4.78, 5) is 0. The number of rotatable bonds is 8. The minimum absolute atomic E-state index is 0.423. The first-order valence-electron chi connectivity index (χ1n) is 9.64. The average Bonchev–Trinajstić information content (AvgIpc) is 3.13. The van der Waals surface area contributed by atoms with Gasteiger partial charge in [0.15, 0.2) is 23.1 Å². The molecule has 1 heterocycles. The zero-order valence-electron chi connectivity index (χ0n) is 16.9. The molecule has 29 heavy (non-hydrogen) atoms. The highest BCUT2D eigenvalue weighted by Gasteiger charge is 2.15. The molecule has 2 aromatic carbocycles. The Morgan fingerprint density at radius 1 is 1.07 bits per heavy atom. The lowest BCUT2D eigenvalue weighted by Crippen LogP contribution is -2.00. The third kappa shape index (κ3) is 4.64. The third-order valence-corrected chi connectivity index (χ3v) is 4.31. The molecule has 0 unspecified atom stereocenters. The number of aromatic nitrogens is 3. The van der Waals surface area contributed by atoms with Crippen molar-refractivity contribution >= 4 is 11.6 Å². The average molecular weight is 388 g/mol. The summed E-state index contributed by atoms with van der Waals surface area (Å²) in [5.74, 6) is 2.58. The number of nitrogens with zero attached hydrogens (tertiary/aromatic N) is 4. The summed E-state index contributed by atoms with van der Waals surface area (Å²) in [7, 11) is 1.86. The van der Waals surface area contributed by atoms with Gasteiger partial charge in [0.2, 0.25) is 0 Å². The van der Waals surface area contributed by atoms with E-state index in [1.165, 1.54) is 0 Å². The van der Waals surface area contributed by atoms with Crippen LogP contribution < -0.4 is 9.47 Å². The van der Waals surface area contributed by atoms with Gasteiger partial charge in [0, 0.05) is 12.6 Å². The molecule has 0 aliphatic carbocycles. The molecule has 3 aromatic rings. The van der Waals surface area contributed by atoms with Crippen molar-refractivity contribution in [1.29, 1.82) is 5.26 Å². The van der Waals surface area contributed by atoms with Crippen LogP contribution in [0.5, 0.6) is 11.5 Å². The van der Waals surface area contributed by atoms with E-state index in [1.54, 1.807) is 6.08 Å². The third-order valence-electron chi connectivity index (χ3n) is 4.31. The van der Waals surface area contributed by atoms with Gasteiger partial charge in [0.05, 0.1) is 18.8 Å². The van der Waals surface area contributed by atoms with Crippen LogP contribution in [0.4, 0.5) is 0 Å². The number of nitriles is 1. The van der Waals surface area contributed by atoms with Gasteiger partial charge in [0.25, 0.3) is 0 Å². The van der Waals surface area contributed by atoms with Crippen molar-refractivity contribution in [3.8, 4) is 29.0 Å². The Hall–Kier alpha value is -3.59. The molecule has 6 nitrogen and oxygen atoms in total. The highest BCUT2D eigenvalue weighted by Crippen LogP contribution is 2.30. The molecule has 0 amide bonds. The molecule has 0 saturated carbocycles. The second-order valence-corrected chi connectivity index (χ2v) is 6.43. The van der Waals surface area contributed by atoms with Crippen LogP contribution in [0.1, 0.15) is 31.7 Å². The predicted octanol–water partition coefficient (Wildman–Crippen LogP) is 4.73. The number of ether oxygens (including phenoxy) is 2. The summed E-state index contributed by atoms with van der Waals surface area (Å²) in [5, 5.41) is 18.2. The standard InChI is InChI=1S/C23H24N4O2/c1-4-13-29-20-12-11-17(15-21(20)28-5-2)14-19(16-24)23-26-25-22(27(23)3)18-9-7-6-8-10-18/h6-12,14-15H,4-5,13H2,1-3H3/b19-14-. The Morgan fingerprint density at radius 3 is 2.55 bits per heavy atom. The quantitative estimate of drug-likeness (QED) is 0.522. The first-order valence-corrected chi connectivity index (χ1v) is 9.64. The maximum Gasteiger partial charge on any atom is 0.174 e. The van der Waals surface area contributed by atoms with E-state index in [2.05, 4.69) is 23.2 Å². The van der Waals surface area contributed by atoms with E-state index in [0.29, 0.717) is 41.9 Å². The maximum absolute atomic E-state index is 9.73. The van der Waals surface area contributed by atoms with Crippen LogP contribution in [0.25, 0.3) is 23.0 Å². The maximum atomic E-state index is 9.73. The van der Waals surface area contributed by atoms with Gasteiger partial charge in [-0.05, 0) is 37.1 Å². The molecule has 0 N–H and O–H groups in total. The number of benzene rings is 2. The molecule has 6 heteroatoms. The molecule has 1 aromatic heterocycles. The van der Waals surface area contributed by atoms with E-state index >= 15 is 0 Å². The lowest BCUT2D eigenvalue weighted by molar-refractivity contribution is 0.277. The van der Waals surface area contributed by atoms with Gasteiger partial charge >= 0.3 is 0 Å². The Bertz CT molecular complexity index is 1030. The number of hydrogen-bond donors (Lipinski definition) is 0. The van der Waals surface area contributed by atoms with Crippen LogP contribution >= 0.6 is 0 Å². The summed E-state index contributed by atoms with van der Waals surface area (Å²) in [6.45, 7) is 5.14. The fourth-order valence-electron chi connectivity index (χ4n) is 2.93. The highest BCUT2D eigenvalue weighted by molar-refractivity contribution is 5.88. The van der Waals surface area contributed by atoms with Crippen LogP contribution in [0.3, 0.4) is 0 Å². The smallest absolute Gasteiger partial charge is 0.174 e. The summed E-state index contributed by atoms with van der Waals surface area (Å²) < 4.78 is 13.3. The van der Waals surface area contributed by atoms with Gasteiger partial charge in [0.1, 0.15) is 6.07 Å². The fraction of sp³-hybridized carbons (Fsp3) is 0.261. The lowest BCUT2D eigenvalue weighted by atomic mass is 10.1. The van der Waals surface area contributed by atoms with E-state index in [4.69, 9.17) is 9.47 Å². The normalized spacial score (nSPS) is 11.2. The minimum atomic E-state index is 0.423. The molecular weight excluding hydrogens is 364 g/mol. The number of hydrogen-bond acceptors (Lipinski definition) is 5. The number of allylic oxidation sites excluding steroid dienone is 1. The zero-order chi connectivity index (χ0) is 20.6. The fourth-order valence-corrected chi connectivity index (χ4v) is 2.93. The van der Waals surface area contributed by atoms with Crippen LogP contribution in [-0.4, -0.2) is 28.0 Å². The topological polar surface area (TPSA) is 73.0 Å². The SMILES string of the molecule is CCCOc1ccc(/C=C(/C#N)c2nnc(-c3ccccc3)n2C)cc1OCC. The van der Waals surface area contributed by atoms with E-state index in [9.17, 15) is 5.26 Å². The molecule has 0 spiro atoms. The Labute approximate surface area is 171 Å². The van der Waals surface area contributed by atoms with E-state index < -0.39 is 0 Å². The second kappa shape index (κ2) is 9.56. The molecule has 0 aliphatic rings. The molecule has 148 valence electrons. The highest BCUT2D eigenvalue weighted by atomic mass is 16.5. The Morgan fingerprint density at radius 2 is 1.86 bits per heavy atom. The van der Waals surface area contributed by atoms with Gasteiger partial charge in [-0.15, -0.1) is 10.2 Å². The van der Waals surface area contributed by atoms with Gasteiger partial charge < -0.3 is 14.0 Å². The van der Waals surface area contributed by atoms with Crippen LogP contribution in [0, 0.1) is 11.3 Å². The van der Waals surface area contributed by atoms with Gasteiger partial charge in [-0.3, -0.25) is 0 Å². The van der Waals surface area contributed by atoms with E-state index in [0.717, 1.165) is 17.5 Å². The van der Waals surface area contributed by atoms with Crippen molar-refractivity contribution in [3.63, 3.8) is 0 Å². The van der Waals surface area contributed by atoms with E-state index in [1.807, 2.05) is 67.1 Å². The molecule has 3 rings (SSSR count). The van der Waals surface area contributed by atoms with Crippen molar-refractivity contribution in [1.82, 2.24) is 14.8 Å². The molecule has 0 fully saturated rings. The summed E-state index contributed by atoms with van der Waals surface area (Å²) >= 11 is 0. The van der Waals surface area contributed by atoms with Crippen molar-refractivity contribution < 1.29 is 9.47 Å². The molecule has 0 saturated heterocycles. The van der Waals surface area contributed by atoms with Crippen molar-refractivity contribution in [2.24, 2.45) is 7.05 Å². The predicted molar refractivity (Wildman–Crippen MR) is 113 cm³/mol. The Kier molecular flexibility index (Phi) is 6.64. The minimum Gasteiger partial charge on any atom is -0.490 e. The van der Waals surface area contributed by atoms with Crippen LogP contribution in [0.2, 0.25) is 0 Å².